The molecule has 0 saturated heterocycles. The summed E-state index contributed by atoms with van der Waals surface area (Å²) in [7, 11) is 0. The van der Waals surface area contributed by atoms with Crippen LogP contribution in [-0.4, -0.2) is 18.7 Å². The standard InChI is InChI=1S/C40H25F3N4/c41-40(42,43)30-21-11-13-23-32(30)47-31-22-12-10-20-29(31)35-33(47)24-25-34-36(35)37-39(45(34)27-16-6-2-7-17-27)44-38(26-14-4-1-5-15-26)46(37)28-18-8-3-9-19-28/h1-25H. The lowest BCUT2D eigenvalue weighted by Gasteiger charge is -2.15. The van der Waals surface area contributed by atoms with E-state index in [1.165, 1.54) is 6.07 Å². The van der Waals surface area contributed by atoms with Crippen LogP contribution >= 0.6 is 0 Å². The van der Waals surface area contributed by atoms with Gasteiger partial charge < -0.3 is 4.57 Å². The molecule has 0 spiro atoms. The summed E-state index contributed by atoms with van der Waals surface area (Å²) >= 11 is 0. The Morgan fingerprint density at radius 2 is 1.02 bits per heavy atom. The van der Waals surface area contributed by atoms with E-state index in [9.17, 15) is 13.2 Å². The number of nitrogens with zero attached hydrogens (tertiary/aromatic N) is 4. The molecule has 0 aliphatic heterocycles. The average molecular weight is 619 g/mol. The molecule has 3 heterocycles. The number of alkyl halides is 3. The number of hydrogen-bond acceptors (Lipinski definition) is 1. The van der Waals surface area contributed by atoms with E-state index in [1.54, 1.807) is 16.7 Å². The van der Waals surface area contributed by atoms with Crippen LogP contribution < -0.4 is 0 Å². The Bertz CT molecular complexity index is 2590. The first-order valence-corrected chi connectivity index (χ1v) is 15.3. The summed E-state index contributed by atoms with van der Waals surface area (Å²) in [6, 6.07) is 47.7. The minimum atomic E-state index is -4.53. The van der Waals surface area contributed by atoms with Crippen LogP contribution in [0.3, 0.4) is 0 Å². The predicted molar refractivity (Wildman–Crippen MR) is 183 cm³/mol. The molecule has 0 bridgehead atoms. The van der Waals surface area contributed by atoms with Crippen molar-refractivity contribution >= 4 is 43.9 Å². The van der Waals surface area contributed by atoms with E-state index in [1.807, 2.05) is 103 Å². The van der Waals surface area contributed by atoms with Crippen molar-refractivity contribution in [2.24, 2.45) is 0 Å². The van der Waals surface area contributed by atoms with E-state index in [0.29, 0.717) is 11.0 Å². The number of halogens is 3. The Morgan fingerprint density at radius 3 is 1.70 bits per heavy atom. The fourth-order valence-electron chi connectivity index (χ4n) is 6.99. The smallest absolute Gasteiger partial charge is 0.309 e. The number of imidazole rings is 1. The Kier molecular flexibility index (Phi) is 5.93. The van der Waals surface area contributed by atoms with E-state index < -0.39 is 11.7 Å². The minimum absolute atomic E-state index is 0.0887. The third-order valence-electron chi connectivity index (χ3n) is 8.88. The van der Waals surface area contributed by atoms with Gasteiger partial charge in [-0.3, -0.25) is 9.13 Å². The number of fused-ring (bicyclic) bond motifs is 7. The van der Waals surface area contributed by atoms with E-state index in [0.717, 1.165) is 61.7 Å². The summed E-state index contributed by atoms with van der Waals surface area (Å²) in [4.78, 5) is 5.34. The zero-order valence-electron chi connectivity index (χ0n) is 24.9. The molecule has 0 fully saturated rings. The van der Waals surface area contributed by atoms with Crippen molar-refractivity contribution in [1.29, 1.82) is 0 Å². The Hall–Kier alpha value is -6.08. The average Bonchev–Trinajstić information content (AvgIpc) is 3.76. The van der Waals surface area contributed by atoms with Crippen LogP contribution in [0.4, 0.5) is 13.2 Å². The molecule has 0 atom stereocenters. The fourth-order valence-corrected chi connectivity index (χ4v) is 6.99. The van der Waals surface area contributed by atoms with Crippen LogP contribution in [0.25, 0.3) is 72.3 Å². The number of aromatic nitrogens is 4. The second kappa shape index (κ2) is 10.2. The topological polar surface area (TPSA) is 27.7 Å². The summed E-state index contributed by atoms with van der Waals surface area (Å²) < 4.78 is 49.5. The SMILES string of the molecule is FC(F)(F)c1ccccc1-n1c2ccccc2c2c3c4c(nc(-c5ccccc5)n4-c4ccccc4)n(-c4ccccc4)c3ccc21. The Balaban J connectivity index is 1.54. The fraction of sp³-hybridized carbons (Fsp3) is 0.0250. The second-order valence-corrected chi connectivity index (χ2v) is 11.5. The molecular formula is C40H25F3N4. The van der Waals surface area contributed by atoms with Crippen molar-refractivity contribution in [2.75, 3.05) is 0 Å². The van der Waals surface area contributed by atoms with Gasteiger partial charge in [-0.15, -0.1) is 0 Å². The van der Waals surface area contributed by atoms with Gasteiger partial charge in [0.05, 0.1) is 27.8 Å². The molecule has 7 heteroatoms. The second-order valence-electron chi connectivity index (χ2n) is 11.5. The van der Waals surface area contributed by atoms with Crippen LogP contribution in [0, 0.1) is 0 Å². The lowest BCUT2D eigenvalue weighted by Crippen LogP contribution is -2.10. The summed E-state index contributed by atoms with van der Waals surface area (Å²) in [5.41, 5.74) is 6.17. The largest absolute Gasteiger partial charge is 0.418 e. The zero-order valence-corrected chi connectivity index (χ0v) is 24.9. The van der Waals surface area contributed by atoms with Crippen LogP contribution in [0.2, 0.25) is 0 Å². The lowest BCUT2D eigenvalue weighted by molar-refractivity contribution is -0.137. The third-order valence-corrected chi connectivity index (χ3v) is 8.88. The molecule has 47 heavy (non-hydrogen) atoms. The molecule has 9 rings (SSSR count). The van der Waals surface area contributed by atoms with Crippen molar-refractivity contribution in [1.82, 2.24) is 18.7 Å². The number of para-hydroxylation sites is 4. The summed E-state index contributed by atoms with van der Waals surface area (Å²) in [5.74, 6) is 0.775. The molecule has 0 aliphatic carbocycles. The molecule has 4 nitrogen and oxygen atoms in total. The maximum absolute atomic E-state index is 14.5. The highest BCUT2D eigenvalue weighted by molar-refractivity contribution is 6.28. The van der Waals surface area contributed by atoms with Crippen LogP contribution in [0.1, 0.15) is 5.56 Å². The van der Waals surface area contributed by atoms with Gasteiger partial charge in [0, 0.05) is 33.1 Å². The summed E-state index contributed by atoms with van der Waals surface area (Å²) in [5, 5.41) is 2.64. The van der Waals surface area contributed by atoms with Crippen molar-refractivity contribution in [3.8, 4) is 28.5 Å². The van der Waals surface area contributed by atoms with E-state index in [4.69, 9.17) is 4.98 Å². The molecule has 0 radical (unpaired) electrons. The van der Waals surface area contributed by atoms with Crippen molar-refractivity contribution in [2.45, 2.75) is 6.18 Å². The first-order valence-electron chi connectivity index (χ1n) is 15.3. The van der Waals surface area contributed by atoms with Gasteiger partial charge >= 0.3 is 6.18 Å². The minimum Gasteiger partial charge on any atom is -0.309 e. The maximum Gasteiger partial charge on any atom is 0.418 e. The van der Waals surface area contributed by atoms with Gasteiger partial charge in [0.2, 0.25) is 0 Å². The molecule has 0 unspecified atom stereocenters. The molecule has 3 aromatic heterocycles. The van der Waals surface area contributed by atoms with E-state index >= 15 is 0 Å². The van der Waals surface area contributed by atoms with Gasteiger partial charge in [-0.25, -0.2) is 4.98 Å². The number of rotatable bonds is 4. The molecule has 0 amide bonds. The number of hydrogen-bond donors (Lipinski definition) is 0. The van der Waals surface area contributed by atoms with Crippen LogP contribution in [-0.2, 0) is 6.18 Å². The molecule has 0 saturated carbocycles. The predicted octanol–water partition coefficient (Wildman–Crippen LogP) is 10.8. The summed E-state index contributed by atoms with van der Waals surface area (Å²) in [6.07, 6.45) is -4.53. The molecule has 6 aromatic carbocycles. The van der Waals surface area contributed by atoms with Gasteiger partial charge in [0.25, 0.3) is 0 Å². The van der Waals surface area contributed by atoms with Gasteiger partial charge in [-0.2, -0.15) is 13.2 Å². The van der Waals surface area contributed by atoms with Crippen LogP contribution in [0.5, 0.6) is 0 Å². The Morgan fingerprint density at radius 1 is 0.468 bits per heavy atom. The molecular weight excluding hydrogens is 593 g/mol. The lowest BCUT2D eigenvalue weighted by atomic mass is 10.1. The zero-order chi connectivity index (χ0) is 31.7. The van der Waals surface area contributed by atoms with Gasteiger partial charge in [-0.05, 0) is 54.6 Å². The maximum atomic E-state index is 14.5. The monoisotopic (exact) mass is 618 g/mol. The van der Waals surface area contributed by atoms with Gasteiger partial charge in [0.15, 0.2) is 5.65 Å². The van der Waals surface area contributed by atoms with E-state index in [-0.39, 0.29) is 5.69 Å². The molecule has 0 N–H and O–H groups in total. The highest BCUT2D eigenvalue weighted by Crippen LogP contribution is 2.45. The van der Waals surface area contributed by atoms with E-state index in [2.05, 4.69) is 33.4 Å². The van der Waals surface area contributed by atoms with Gasteiger partial charge in [-0.1, -0.05) is 97.1 Å². The molecule has 0 aliphatic rings. The first kappa shape index (κ1) is 27.2. The molecule has 9 aromatic rings. The van der Waals surface area contributed by atoms with Crippen molar-refractivity contribution < 1.29 is 13.2 Å². The van der Waals surface area contributed by atoms with Crippen molar-refractivity contribution in [3.05, 3.63) is 157 Å². The highest BCUT2D eigenvalue weighted by atomic mass is 19.4. The van der Waals surface area contributed by atoms with Crippen molar-refractivity contribution in [3.63, 3.8) is 0 Å². The summed E-state index contributed by atoms with van der Waals surface area (Å²) in [6.45, 7) is 0. The van der Waals surface area contributed by atoms with Crippen LogP contribution in [0.15, 0.2) is 152 Å². The quantitative estimate of drug-likeness (QED) is 0.193. The number of benzene rings is 6. The normalized spacial score (nSPS) is 12.1. The highest BCUT2D eigenvalue weighted by Gasteiger charge is 2.35. The first-order chi connectivity index (χ1) is 23.0. The Labute approximate surface area is 267 Å². The van der Waals surface area contributed by atoms with Gasteiger partial charge in [0.1, 0.15) is 11.3 Å². The third kappa shape index (κ3) is 4.06. The molecule has 226 valence electrons.